The van der Waals surface area contributed by atoms with Crippen LogP contribution in [-0.4, -0.2) is 20.8 Å². The third-order valence-corrected chi connectivity index (χ3v) is 5.34. The van der Waals surface area contributed by atoms with Crippen molar-refractivity contribution in [2.24, 2.45) is 0 Å². The molecule has 2 aromatic carbocycles. The molecule has 0 aliphatic heterocycles. The van der Waals surface area contributed by atoms with Gasteiger partial charge in [-0.2, -0.15) is 0 Å². The molecule has 0 aliphatic rings. The number of aryl methyl sites for hydroxylation is 1. The van der Waals surface area contributed by atoms with E-state index >= 15 is 0 Å². The first-order valence-electron chi connectivity index (χ1n) is 7.41. The van der Waals surface area contributed by atoms with Crippen LogP contribution in [0.4, 0.5) is 0 Å². The van der Waals surface area contributed by atoms with E-state index < -0.39 is 15.5 Å². The molecule has 3 rings (SSSR count). The first-order chi connectivity index (χ1) is 11.5. The Bertz CT molecular complexity index is 1020. The predicted octanol–water partition coefficient (Wildman–Crippen LogP) is 2.95. The van der Waals surface area contributed by atoms with E-state index in [0.29, 0.717) is 11.3 Å². The largest absolute Gasteiger partial charge is 0.492 e. The molecule has 3 aromatic rings. The van der Waals surface area contributed by atoms with Gasteiger partial charge >= 0.3 is 5.63 Å². The van der Waals surface area contributed by atoms with Crippen LogP contribution >= 0.6 is 0 Å². The second-order valence-corrected chi connectivity index (χ2v) is 7.50. The highest BCUT2D eigenvalue weighted by atomic mass is 32.2. The van der Waals surface area contributed by atoms with Gasteiger partial charge in [0.1, 0.15) is 17.9 Å². The summed E-state index contributed by atoms with van der Waals surface area (Å²) in [5.41, 5.74) is 0.812. The van der Waals surface area contributed by atoms with Gasteiger partial charge in [-0.1, -0.05) is 18.2 Å². The molecule has 0 amide bonds. The van der Waals surface area contributed by atoms with Crippen molar-refractivity contribution in [1.29, 1.82) is 0 Å². The highest BCUT2D eigenvalue weighted by molar-refractivity contribution is 7.91. The van der Waals surface area contributed by atoms with E-state index in [4.69, 9.17) is 9.15 Å². The summed E-state index contributed by atoms with van der Waals surface area (Å²) in [6.07, 6.45) is 0. The molecule has 0 fully saturated rings. The summed E-state index contributed by atoms with van der Waals surface area (Å²) in [6.45, 7) is 1.84. The van der Waals surface area contributed by atoms with Gasteiger partial charge in [-0.15, -0.1) is 0 Å². The van der Waals surface area contributed by atoms with Gasteiger partial charge in [-0.25, -0.2) is 13.2 Å². The Hall–Kier alpha value is -2.60. The van der Waals surface area contributed by atoms with Gasteiger partial charge in [0.25, 0.3) is 0 Å². The van der Waals surface area contributed by atoms with Crippen molar-refractivity contribution in [2.45, 2.75) is 11.8 Å². The van der Waals surface area contributed by atoms with Crippen molar-refractivity contribution in [3.63, 3.8) is 0 Å². The predicted molar refractivity (Wildman–Crippen MR) is 91.2 cm³/mol. The Kier molecular flexibility index (Phi) is 4.40. The molecule has 0 unspecified atom stereocenters. The van der Waals surface area contributed by atoms with E-state index in [2.05, 4.69) is 0 Å². The van der Waals surface area contributed by atoms with Crippen LogP contribution in [0.1, 0.15) is 5.56 Å². The van der Waals surface area contributed by atoms with Gasteiger partial charge in [-0.3, -0.25) is 0 Å². The minimum Gasteiger partial charge on any atom is -0.492 e. The average Bonchev–Trinajstić information content (AvgIpc) is 2.55. The van der Waals surface area contributed by atoms with Gasteiger partial charge in [0.05, 0.1) is 10.6 Å². The standard InChI is InChI=1S/C18H16O5S/c1-13-11-18(19)23-17-12-14(7-8-16(13)17)22-9-10-24(20,21)15-5-3-2-4-6-15/h2-8,11-12H,9-10H2,1H3. The maximum Gasteiger partial charge on any atom is 0.336 e. The van der Waals surface area contributed by atoms with Crippen molar-refractivity contribution in [3.05, 3.63) is 70.6 Å². The summed E-state index contributed by atoms with van der Waals surface area (Å²) in [5, 5.41) is 0.818. The van der Waals surface area contributed by atoms with Crippen LogP contribution in [0.25, 0.3) is 11.0 Å². The van der Waals surface area contributed by atoms with Crippen molar-refractivity contribution < 1.29 is 17.6 Å². The average molecular weight is 344 g/mol. The summed E-state index contributed by atoms with van der Waals surface area (Å²) in [6, 6.07) is 14.8. The van der Waals surface area contributed by atoms with Crippen LogP contribution < -0.4 is 10.4 Å². The lowest BCUT2D eigenvalue weighted by atomic mass is 10.1. The SMILES string of the molecule is Cc1cc(=O)oc2cc(OCCS(=O)(=O)c3ccccc3)ccc12. The number of benzene rings is 2. The van der Waals surface area contributed by atoms with E-state index in [1.807, 2.05) is 6.92 Å². The number of ether oxygens (including phenoxy) is 1. The molecule has 0 radical (unpaired) electrons. The van der Waals surface area contributed by atoms with Crippen molar-refractivity contribution in [3.8, 4) is 5.75 Å². The van der Waals surface area contributed by atoms with Crippen LogP contribution in [-0.2, 0) is 9.84 Å². The first-order valence-corrected chi connectivity index (χ1v) is 9.06. The molecule has 0 atom stereocenters. The smallest absolute Gasteiger partial charge is 0.336 e. The lowest BCUT2D eigenvalue weighted by Crippen LogP contribution is -2.14. The Morgan fingerprint density at radius 2 is 1.79 bits per heavy atom. The summed E-state index contributed by atoms with van der Waals surface area (Å²) < 4.78 is 35.0. The van der Waals surface area contributed by atoms with E-state index in [9.17, 15) is 13.2 Å². The quantitative estimate of drug-likeness (QED) is 0.665. The zero-order valence-electron chi connectivity index (χ0n) is 13.1. The molecule has 124 valence electrons. The minimum atomic E-state index is -3.38. The molecule has 24 heavy (non-hydrogen) atoms. The number of fused-ring (bicyclic) bond motifs is 1. The maximum atomic E-state index is 12.2. The Morgan fingerprint density at radius 1 is 1.04 bits per heavy atom. The fraction of sp³-hybridized carbons (Fsp3) is 0.167. The molecule has 0 saturated carbocycles. The third-order valence-electron chi connectivity index (χ3n) is 3.65. The van der Waals surface area contributed by atoms with E-state index in [-0.39, 0.29) is 17.3 Å². The van der Waals surface area contributed by atoms with Crippen LogP contribution in [0.5, 0.6) is 5.75 Å². The second-order valence-electron chi connectivity index (χ2n) is 5.39. The number of rotatable bonds is 5. The summed E-state index contributed by atoms with van der Waals surface area (Å²) in [7, 11) is -3.38. The third kappa shape index (κ3) is 3.49. The normalized spacial score (nSPS) is 11.5. The molecule has 0 bridgehead atoms. The maximum absolute atomic E-state index is 12.2. The number of sulfone groups is 1. The Balaban J connectivity index is 1.73. The van der Waals surface area contributed by atoms with E-state index in [0.717, 1.165) is 10.9 Å². The van der Waals surface area contributed by atoms with Crippen LogP contribution in [0, 0.1) is 6.92 Å². The minimum absolute atomic E-state index is 0.0127. The van der Waals surface area contributed by atoms with E-state index in [1.165, 1.54) is 6.07 Å². The molecule has 5 nitrogen and oxygen atoms in total. The van der Waals surface area contributed by atoms with Gasteiger partial charge < -0.3 is 9.15 Å². The summed E-state index contributed by atoms with van der Waals surface area (Å²) in [5.74, 6) is 0.326. The topological polar surface area (TPSA) is 73.6 Å². The number of hydrogen-bond acceptors (Lipinski definition) is 5. The van der Waals surface area contributed by atoms with Gasteiger partial charge in [0.2, 0.25) is 0 Å². The monoisotopic (exact) mass is 344 g/mol. The molecule has 0 aliphatic carbocycles. The highest BCUT2D eigenvalue weighted by Gasteiger charge is 2.14. The second kappa shape index (κ2) is 6.49. The summed E-state index contributed by atoms with van der Waals surface area (Å²) >= 11 is 0. The lowest BCUT2D eigenvalue weighted by molar-refractivity contribution is 0.340. The van der Waals surface area contributed by atoms with E-state index in [1.54, 1.807) is 48.5 Å². The molecule has 0 N–H and O–H groups in total. The van der Waals surface area contributed by atoms with Crippen LogP contribution in [0.2, 0.25) is 0 Å². The lowest BCUT2D eigenvalue weighted by Gasteiger charge is -2.08. The molecule has 1 aromatic heterocycles. The van der Waals surface area contributed by atoms with Gasteiger partial charge in [0, 0.05) is 17.5 Å². The van der Waals surface area contributed by atoms with Crippen molar-refractivity contribution >= 4 is 20.8 Å². The summed E-state index contributed by atoms with van der Waals surface area (Å²) in [4.78, 5) is 11.7. The highest BCUT2D eigenvalue weighted by Crippen LogP contribution is 2.22. The fourth-order valence-corrected chi connectivity index (χ4v) is 3.52. The van der Waals surface area contributed by atoms with Crippen LogP contribution in [0.15, 0.2) is 68.7 Å². The van der Waals surface area contributed by atoms with Gasteiger partial charge in [0.15, 0.2) is 9.84 Å². The molecule has 6 heteroatoms. The molecular weight excluding hydrogens is 328 g/mol. The zero-order chi connectivity index (χ0) is 17.2. The fourth-order valence-electron chi connectivity index (χ4n) is 2.41. The molecule has 0 saturated heterocycles. The van der Waals surface area contributed by atoms with Crippen LogP contribution in [0.3, 0.4) is 0 Å². The van der Waals surface area contributed by atoms with Crippen molar-refractivity contribution in [1.82, 2.24) is 0 Å². The Morgan fingerprint density at radius 3 is 2.54 bits per heavy atom. The number of hydrogen-bond donors (Lipinski definition) is 0. The van der Waals surface area contributed by atoms with Gasteiger partial charge in [-0.05, 0) is 36.8 Å². The molecular formula is C18H16O5S. The zero-order valence-corrected chi connectivity index (χ0v) is 13.9. The Labute approximate surface area is 139 Å². The molecule has 1 heterocycles. The van der Waals surface area contributed by atoms with Crippen molar-refractivity contribution in [2.75, 3.05) is 12.4 Å². The first kappa shape index (κ1) is 16.3. The molecule has 0 spiro atoms.